The van der Waals surface area contributed by atoms with Crippen LogP contribution < -0.4 is 4.90 Å². The first-order chi connectivity index (χ1) is 21.3. The minimum atomic E-state index is 0.357. The SMILES string of the molecule is C1=Cc2oc(-c3ccc(N(c4ccccc4-c4ccccc4)C4CCC(c5nc6c(o5)CCC=C6)CC4)cc3)nc2CC1. The van der Waals surface area contributed by atoms with Crippen molar-refractivity contribution in [2.75, 3.05) is 4.90 Å². The fourth-order valence-electron chi connectivity index (χ4n) is 6.92. The molecule has 0 amide bonds. The van der Waals surface area contributed by atoms with Gasteiger partial charge in [-0.05, 0) is 93.0 Å². The molecule has 2 heterocycles. The first-order valence-corrected chi connectivity index (χ1v) is 15.7. The molecule has 5 heteroatoms. The Bertz CT molecular complexity index is 1790. The number of oxazole rings is 2. The first kappa shape index (κ1) is 26.0. The molecule has 5 aromatic rings. The minimum Gasteiger partial charge on any atom is -0.445 e. The summed E-state index contributed by atoms with van der Waals surface area (Å²) in [6.45, 7) is 0. The standard InChI is InChI=1S/C38H35N3O2/c1-2-10-26(11-3-1)31-12-4-7-15-34(31)41(29-22-18-27(19-23-29)37-39-32-13-5-8-16-35(32)42-37)30-24-20-28(21-25-30)38-40-33-14-6-9-17-36(33)43-38/h1-5,7,9-13,15,17,20-21,24-25,27,29H,6,8,14,16,18-19,22-23H2. The number of hydrogen-bond acceptors (Lipinski definition) is 5. The number of aryl methyl sites for hydroxylation is 2. The van der Waals surface area contributed by atoms with Crippen molar-refractivity contribution in [3.63, 3.8) is 0 Å². The molecule has 0 unspecified atom stereocenters. The Labute approximate surface area is 252 Å². The monoisotopic (exact) mass is 565 g/mol. The molecule has 0 spiro atoms. The van der Waals surface area contributed by atoms with Gasteiger partial charge in [-0.15, -0.1) is 0 Å². The van der Waals surface area contributed by atoms with E-state index in [9.17, 15) is 0 Å². The number of anilines is 2. The topological polar surface area (TPSA) is 55.3 Å². The van der Waals surface area contributed by atoms with Gasteiger partial charge in [0.15, 0.2) is 11.7 Å². The smallest absolute Gasteiger partial charge is 0.226 e. The molecule has 43 heavy (non-hydrogen) atoms. The van der Waals surface area contributed by atoms with E-state index in [-0.39, 0.29) is 0 Å². The highest BCUT2D eigenvalue weighted by Gasteiger charge is 2.32. The predicted molar refractivity (Wildman–Crippen MR) is 172 cm³/mol. The molecule has 3 aliphatic rings. The fraction of sp³-hybridized carbons (Fsp3) is 0.263. The van der Waals surface area contributed by atoms with Crippen molar-refractivity contribution >= 4 is 23.5 Å². The Kier molecular flexibility index (Phi) is 6.79. The molecule has 1 fully saturated rings. The second-order valence-corrected chi connectivity index (χ2v) is 11.9. The van der Waals surface area contributed by atoms with E-state index in [2.05, 4.69) is 102 Å². The maximum Gasteiger partial charge on any atom is 0.226 e. The van der Waals surface area contributed by atoms with Crippen LogP contribution in [-0.2, 0) is 12.8 Å². The van der Waals surface area contributed by atoms with Crippen molar-refractivity contribution in [1.82, 2.24) is 9.97 Å². The summed E-state index contributed by atoms with van der Waals surface area (Å²) in [5.74, 6) is 3.95. The quantitative estimate of drug-likeness (QED) is 0.205. The summed E-state index contributed by atoms with van der Waals surface area (Å²) in [6.07, 6.45) is 16.7. The highest BCUT2D eigenvalue weighted by molar-refractivity contribution is 5.83. The van der Waals surface area contributed by atoms with Crippen molar-refractivity contribution in [1.29, 1.82) is 0 Å². The lowest BCUT2D eigenvalue weighted by Gasteiger charge is -2.39. The van der Waals surface area contributed by atoms with Gasteiger partial charge in [-0.25, -0.2) is 9.97 Å². The van der Waals surface area contributed by atoms with Gasteiger partial charge in [-0.3, -0.25) is 0 Å². The Morgan fingerprint density at radius 2 is 1.44 bits per heavy atom. The average Bonchev–Trinajstić information content (AvgIpc) is 3.71. The molecule has 8 rings (SSSR count). The summed E-state index contributed by atoms with van der Waals surface area (Å²) >= 11 is 0. The molecule has 2 aromatic heterocycles. The normalized spacial score (nSPS) is 19.2. The largest absolute Gasteiger partial charge is 0.445 e. The summed E-state index contributed by atoms with van der Waals surface area (Å²) in [5.41, 5.74) is 7.98. The van der Waals surface area contributed by atoms with Gasteiger partial charge in [0.05, 0.1) is 5.69 Å². The van der Waals surface area contributed by atoms with Crippen LogP contribution in [0.15, 0.2) is 99.8 Å². The Hall–Kier alpha value is -4.64. The molecule has 0 atom stereocenters. The van der Waals surface area contributed by atoms with Gasteiger partial charge < -0.3 is 13.7 Å². The third-order valence-corrected chi connectivity index (χ3v) is 9.15. The second kappa shape index (κ2) is 11.2. The zero-order valence-corrected chi connectivity index (χ0v) is 24.3. The van der Waals surface area contributed by atoms with E-state index < -0.39 is 0 Å². The van der Waals surface area contributed by atoms with Crippen molar-refractivity contribution in [3.05, 3.63) is 120 Å². The average molecular weight is 566 g/mol. The zero-order chi connectivity index (χ0) is 28.6. The van der Waals surface area contributed by atoms with Crippen molar-refractivity contribution in [3.8, 4) is 22.6 Å². The van der Waals surface area contributed by atoms with E-state index in [1.807, 2.05) is 6.08 Å². The predicted octanol–water partition coefficient (Wildman–Crippen LogP) is 9.78. The molecule has 0 radical (unpaired) electrons. The molecule has 0 N–H and O–H groups in total. The van der Waals surface area contributed by atoms with Gasteiger partial charge in [-0.1, -0.05) is 60.7 Å². The van der Waals surface area contributed by atoms with E-state index in [1.165, 1.54) is 22.5 Å². The lowest BCUT2D eigenvalue weighted by molar-refractivity contribution is 0.329. The number of hydrogen-bond donors (Lipinski definition) is 0. The molecular weight excluding hydrogens is 530 g/mol. The van der Waals surface area contributed by atoms with Gasteiger partial charge in [0.1, 0.15) is 11.5 Å². The van der Waals surface area contributed by atoms with Gasteiger partial charge in [-0.2, -0.15) is 0 Å². The number of benzene rings is 3. The minimum absolute atomic E-state index is 0.357. The van der Waals surface area contributed by atoms with Crippen LogP contribution in [0.1, 0.15) is 73.2 Å². The lowest BCUT2D eigenvalue weighted by Crippen LogP contribution is -2.34. The summed E-state index contributed by atoms with van der Waals surface area (Å²) in [4.78, 5) is 12.3. The number of allylic oxidation sites excluding steroid dienone is 2. The van der Waals surface area contributed by atoms with Crippen LogP contribution in [0.3, 0.4) is 0 Å². The zero-order valence-electron chi connectivity index (χ0n) is 24.3. The van der Waals surface area contributed by atoms with Crippen molar-refractivity contribution in [2.45, 2.75) is 63.3 Å². The summed E-state index contributed by atoms with van der Waals surface area (Å²) in [6, 6.07) is 28.7. The Balaban J connectivity index is 1.12. The fourth-order valence-corrected chi connectivity index (χ4v) is 6.92. The molecular formula is C38H35N3O2. The maximum absolute atomic E-state index is 6.28. The van der Waals surface area contributed by atoms with Gasteiger partial charge in [0, 0.05) is 40.9 Å². The van der Waals surface area contributed by atoms with Gasteiger partial charge in [0.25, 0.3) is 0 Å². The number of nitrogens with zero attached hydrogens (tertiary/aromatic N) is 3. The second-order valence-electron chi connectivity index (χ2n) is 11.9. The number of aromatic nitrogens is 2. The molecule has 0 bridgehead atoms. The summed E-state index contributed by atoms with van der Waals surface area (Å²) < 4.78 is 12.4. The molecule has 1 saturated carbocycles. The first-order valence-electron chi connectivity index (χ1n) is 15.7. The molecule has 3 aliphatic carbocycles. The van der Waals surface area contributed by atoms with Crippen LogP contribution in [0.4, 0.5) is 11.4 Å². The van der Waals surface area contributed by atoms with Crippen LogP contribution in [0.25, 0.3) is 34.7 Å². The van der Waals surface area contributed by atoms with Crippen molar-refractivity contribution < 1.29 is 8.83 Å². The highest BCUT2D eigenvalue weighted by Crippen LogP contribution is 2.43. The third-order valence-electron chi connectivity index (χ3n) is 9.15. The maximum atomic E-state index is 6.28. The van der Waals surface area contributed by atoms with Crippen LogP contribution in [0, 0.1) is 0 Å². The van der Waals surface area contributed by atoms with Crippen LogP contribution in [0.5, 0.6) is 0 Å². The Morgan fingerprint density at radius 3 is 2.26 bits per heavy atom. The van der Waals surface area contributed by atoms with Gasteiger partial charge in [0.2, 0.25) is 5.89 Å². The summed E-state index contributed by atoms with van der Waals surface area (Å²) in [5, 5.41) is 0. The van der Waals surface area contributed by atoms with Crippen LogP contribution >= 0.6 is 0 Å². The molecule has 3 aromatic carbocycles. The van der Waals surface area contributed by atoms with E-state index in [4.69, 9.17) is 18.8 Å². The molecule has 214 valence electrons. The highest BCUT2D eigenvalue weighted by atomic mass is 16.4. The van der Waals surface area contributed by atoms with Crippen molar-refractivity contribution in [2.24, 2.45) is 0 Å². The van der Waals surface area contributed by atoms with Crippen LogP contribution in [0.2, 0.25) is 0 Å². The van der Waals surface area contributed by atoms with E-state index >= 15 is 0 Å². The van der Waals surface area contributed by atoms with Gasteiger partial charge >= 0.3 is 0 Å². The van der Waals surface area contributed by atoms with E-state index in [1.54, 1.807) is 0 Å². The Morgan fingerprint density at radius 1 is 0.674 bits per heavy atom. The lowest BCUT2D eigenvalue weighted by atomic mass is 9.84. The number of para-hydroxylation sites is 1. The third kappa shape index (κ3) is 5.03. The van der Waals surface area contributed by atoms with E-state index in [0.717, 1.165) is 85.7 Å². The molecule has 0 aliphatic heterocycles. The molecule has 5 nitrogen and oxygen atoms in total. The van der Waals surface area contributed by atoms with E-state index in [0.29, 0.717) is 17.9 Å². The summed E-state index contributed by atoms with van der Waals surface area (Å²) in [7, 11) is 0. The van der Waals surface area contributed by atoms with Crippen LogP contribution in [-0.4, -0.2) is 16.0 Å². The number of rotatable bonds is 6. The molecule has 0 saturated heterocycles. The number of fused-ring (bicyclic) bond motifs is 2.